The molecule has 0 amide bonds. The maximum absolute atomic E-state index is 14.5. The zero-order chi connectivity index (χ0) is 25.4. The van der Waals surface area contributed by atoms with E-state index in [1.165, 1.54) is 17.9 Å². The highest BCUT2D eigenvalue weighted by Crippen LogP contribution is 2.33. The average Bonchev–Trinajstić information content (AvgIpc) is 3.31. The molecule has 1 heterocycles. The van der Waals surface area contributed by atoms with E-state index < -0.39 is 41.2 Å². The summed E-state index contributed by atoms with van der Waals surface area (Å²) in [5.74, 6) is -9.52. The van der Waals surface area contributed by atoms with Gasteiger partial charge in [0.05, 0.1) is 19.9 Å². The van der Waals surface area contributed by atoms with Gasteiger partial charge in [0.15, 0.2) is 23.3 Å². The topological polar surface area (TPSA) is 27.1 Å². The monoisotopic (exact) mass is 512 g/mol. The fourth-order valence-electron chi connectivity index (χ4n) is 4.06. The normalized spacial score (nSPS) is 11.6. The van der Waals surface area contributed by atoms with Gasteiger partial charge in [-0.1, -0.05) is 75.3 Å². The van der Waals surface area contributed by atoms with Crippen molar-refractivity contribution in [2.45, 2.75) is 6.54 Å². The predicted octanol–water partition coefficient (Wildman–Crippen LogP) is 6.09. The number of halogens is 5. The van der Waals surface area contributed by atoms with Gasteiger partial charge in [0, 0.05) is 11.1 Å². The van der Waals surface area contributed by atoms with Crippen LogP contribution < -0.4 is 15.3 Å². The van der Waals surface area contributed by atoms with Crippen LogP contribution in [0.5, 0.6) is 5.88 Å². The number of imidazole rings is 1. The van der Waals surface area contributed by atoms with E-state index in [2.05, 4.69) is 4.98 Å². The second-order valence-corrected chi connectivity index (χ2v) is 9.35. The minimum Gasteiger partial charge on any atom is -0.480 e. The van der Waals surface area contributed by atoms with Crippen LogP contribution in [-0.4, -0.2) is 16.7 Å². The molecule has 0 fully saturated rings. The maximum Gasteiger partial charge on any atom is 0.231 e. The van der Waals surface area contributed by atoms with Crippen molar-refractivity contribution in [3.8, 4) is 17.3 Å². The minimum absolute atomic E-state index is 0.135. The lowest BCUT2D eigenvalue weighted by Gasteiger charge is -2.16. The summed E-state index contributed by atoms with van der Waals surface area (Å²) in [5.41, 5.74) is -0.276. The Hall–Kier alpha value is -3.77. The van der Waals surface area contributed by atoms with E-state index in [0.717, 1.165) is 21.4 Å². The van der Waals surface area contributed by atoms with Gasteiger partial charge in [-0.25, -0.2) is 22.0 Å². The number of nitrogens with zero attached hydrogens (tertiary/aromatic N) is 2. The molecule has 9 heteroatoms. The number of benzene rings is 4. The van der Waals surface area contributed by atoms with Crippen molar-refractivity contribution >= 4 is 30.0 Å². The van der Waals surface area contributed by atoms with Crippen molar-refractivity contribution in [3.63, 3.8) is 0 Å². The zero-order valence-electron chi connectivity index (χ0n) is 18.8. The Kier molecular flexibility index (Phi) is 6.46. The summed E-state index contributed by atoms with van der Waals surface area (Å²) in [6, 6.07) is 21.2. The molecule has 0 saturated carbocycles. The lowest BCUT2D eigenvalue weighted by Crippen LogP contribution is -2.14. The number of ether oxygens (including phenoxy) is 1. The summed E-state index contributed by atoms with van der Waals surface area (Å²) in [4.78, 5) is 4.51. The van der Waals surface area contributed by atoms with Gasteiger partial charge in [-0.05, 0) is 21.4 Å². The number of rotatable bonds is 6. The highest BCUT2D eigenvalue weighted by Gasteiger charge is 2.27. The van der Waals surface area contributed by atoms with E-state index in [-0.39, 0.29) is 20.3 Å². The first-order valence-corrected chi connectivity index (χ1v) is 11.8. The second kappa shape index (κ2) is 9.70. The lowest BCUT2D eigenvalue weighted by atomic mass is 10.0. The number of hydrogen-bond donors (Lipinski definition) is 0. The second-order valence-electron chi connectivity index (χ2n) is 7.98. The number of hydrogen-bond acceptors (Lipinski definition) is 2. The van der Waals surface area contributed by atoms with Crippen LogP contribution in [0.3, 0.4) is 0 Å². The van der Waals surface area contributed by atoms with E-state index in [9.17, 15) is 22.0 Å². The van der Waals surface area contributed by atoms with Crippen LogP contribution >= 0.6 is 8.58 Å². The predicted molar refractivity (Wildman–Crippen MR) is 131 cm³/mol. The molecule has 36 heavy (non-hydrogen) atoms. The molecule has 0 radical (unpaired) electrons. The zero-order valence-corrected chi connectivity index (χ0v) is 19.8. The van der Waals surface area contributed by atoms with Crippen LogP contribution in [0.15, 0.2) is 72.9 Å². The van der Waals surface area contributed by atoms with Crippen LogP contribution in [0, 0.1) is 29.1 Å². The Bertz CT molecular complexity index is 1560. The van der Waals surface area contributed by atoms with Crippen LogP contribution in [-0.2, 0) is 6.54 Å². The SMILES string of the molecule is COc1cn(Cc2c(F)c(F)c(F)c(F)c2F)c(-c2c(Pc3ccccc3)ccc3ccccc23)n1. The van der Waals surface area contributed by atoms with Crippen molar-refractivity contribution in [3.05, 3.63) is 108 Å². The van der Waals surface area contributed by atoms with Crippen LogP contribution in [0.4, 0.5) is 22.0 Å². The lowest BCUT2D eigenvalue weighted by molar-refractivity contribution is 0.368. The third kappa shape index (κ3) is 4.22. The fourth-order valence-corrected chi connectivity index (χ4v) is 5.27. The smallest absolute Gasteiger partial charge is 0.231 e. The van der Waals surface area contributed by atoms with E-state index in [1.807, 2.05) is 66.7 Å². The van der Waals surface area contributed by atoms with Crippen molar-refractivity contribution in [1.82, 2.24) is 9.55 Å². The molecule has 5 rings (SSSR count). The number of aromatic nitrogens is 2. The molecule has 1 unspecified atom stereocenters. The van der Waals surface area contributed by atoms with Gasteiger partial charge in [-0.3, -0.25) is 0 Å². The number of methoxy groups -OCH3 is 1. The maximum atomic E-state index is 14.5. The molecule has 0 spiro atoms. The summed E-state index contributed by atoms with van der Waals surface area (Å²) >= 11 is 0. The summed E-state index contributed by atoms with van der Waals surface area (Å²) in [6.07, 6.45) is 1.38. The van der Waals surface area contributed by atoms with E-state index in [1.54, 1.807) is 0 Å². The molecule has 1 atom stereocenters. The van der Waals surface area contributed by atoms with E-state index in [4.69, 9.17) is 4.74 Å². The third-order valence-corrected chi connectivity index (χ3v) is 7.11. The average molecular weight is 512 g/mol. The van der Waals surface area contributed by atoms with Gasteiger partial charge in [0.2, 0.25) is 11.7 Å². The molecule has 0 saturated heterocycles. The quantitative estimate of drug-likeness (QED) is 0.119. The molecule has 0 aliphatic rings. The van der Waals surface area contributed by atoms with Gasteiger partial charge >= 0.3 is 0 Å². The Morgan fingerprint density at radius 1 is 0.778 bits per heavy atom. The fraction of sp³-hybridized carbons (Fsp3) is 0.0741. The highest BCUT2D eigenvalue weighted by atomic mass is 31.1. The van der Waals surface area contributed by atoms with E-state index in [0.29, 0.717) is 5.56 Å². The minimum atomic E-state index is -2.20. The summed E-state index contributed by atoms with van der Waals surface area (Å²) < 4.78 is 77.1. The molecule has 1 aromatic heterocycles. The summed E-state index contributed by atoms with van der Waals surface area (Å²) in [5, 5.41) is 3.68. The molecule has 0 N–H and O–H groups in total. The van der Waals surface area contributed by atoms with Gasteiger partial charge in [0.25, 0.3) is 0 Å². The largest absolute Gasteiger partial charge is 0.480 e. The van der Waals surface area contributed by atoms with Crippen LogP contribution in [0.2, 0.25) is 0 Å². The van der Waals surface area contributed by atoms with Crippen molar-refractivity contribution in [2.24, 2.45) is 0 Å². The molecule has 0 bridgehead atoms. The number of fused-ring (bicyclic) bond motifs is 1. The molecular weight excluding hydrogens is 494 g/mol. The molecular formula is C27H18F5N2OP. The molecule has 5 aromatic rings. The van der Waals surface area contributed by atoms with E-state index >= 15 is 0 Å². The first kappa shape index (κ1) is 23.9. The molecule has 0 aliphatic heterocycles. The molecule has 3 nitrogen and oxygen atoms in total. The Morgan fingerprint density at radius 2 is 1.42 bits per heavy atom. The summed E-state index contributed by atoms with van der Waals surface area (Å²) in [7, 11) is 1.60. The van der Waals surface area contributed by atoms with Crippen LogP contribution in [0.1, 0.15) is 5.56 Å². The van der Waals surface area contributed by atoms with Gasteiger partial charge in [-0.2, -0.15) is 4.98 Å². The molecule has 0 aliphatic carbocycles. The Morgan fingerprint density at radius 3 is 2.11 bits per heavy atom. The Labute approximate surface area is 205 Å². The first-order chi connectivity index (χ1) is 17.4. The van der Waals surface area contributed by atoms with Gasteiger partial charge < -0.3 is 9.30 Å². The molecule has 182 valence electrons. The van der Waals surface area contributed by atoms with Crippen molar-refractivity contribution in [1.29, 1.82) is 0 Å². The highest BCUT2D eigenvalue weighted by molar-refractivity contribution is 7.55. The van der Waals surface area contributed by atoms with Crippen LogP contribution in [0.25, 0.3) is 22.2 Å². The Balaban J connectivity index is 1.73. The van der Waals surface area contributed by atoms with Crippen molar-refractivity contribution < 1.29 is 26.7 Å². The molecule has 4 aromatic carbocycles. The van der Waals surface area contributed by atoms with Gasteiger partial charge in [-0.15, -0.1) is 0 Å². The van der Waals surface area contributed by atoms with Crippen molar-refractivity contribution in [2.75, 3.05) is 7.11 Å². The first-order valence-electron chi connectivity index (χ1n) is 10.8. The van der Waals surface area contributed by atoms with Gasteiger partial charge in [0.1, 0.15) is 5.82 Å². The standard InChI is InChI=1S/C27H18F5N2OP/c1-35-20-14-34(13-18-22(28)24(30)26(32)25(31)23(18)29)27(33-20)21-17-10-6-5-7-15(17)11-12-19(21)36-16-8-3-2-4-9-16/h2-12,14,36H,13H2,1H3. The summed E-state index contributed by atoms with van der Waals surface area (Å²) in [6.45, 7) is -0.644. The third-order valence-electron chi connectivity index (χ3n) is 5.80.